The molecule has 1 heterocycles. The van der Waals surface area contributed by atoms with Gasteiger partial charge in [-0.1, -0.05) is 42.5 Å². The van der Waals surface area contributed by atoms with Crippen molar-refractivity contribution in [3.8, 4) is 0 Å². The van der Waals surface area contributed by atoms with Crippen molar-refractivity contribution in [1.82, 2.24) is 5.32 Å². The Morgan fingerprint density at radius 3 is 2.45 bits per heavy atom. The average Bonchev–Trinajstić information content (AvgIpc) is 2.47. The Labute approximate surface area is 118 Å². The van der Waals surface area contributed by atoms with E-state index in [0.717, 1.165) is 17.1 Å². The van der Waals surface area contributed by atoms with Gasteiger partial charge in [-0.25, -0.2) is 0 Å². The summed E-state index contributed by atoms with van der Waals surface area (Å²) in [4.78, 5) is 4.31. The fraction of sp³-hybridized carbons (Fsp3) is 0.188. The van der Waals surface area contributed by atoms with Crippen molar-refractivity contribution < 1.29 is 0 Å². The van der Waals surface area contributed by atoms with Gasteiger partial charge in [-0.3, -0.25) is 10.7 Å². The van der Waals surface area contributed by atoms with Gasteiger partial charge >= 0.3 is 0 Å². The van der Waals surface area contributed by atoms with Crippen LogP contribution in [0.2, 0.25) is 0 Å². The molecule has 1 aliphatic rings. The first-order chi connectivity index (χ1) is 9.70. The van der Waals surface area contributed by atoms with E-state index in [4.69, 9.17) is 5.73 Å². The number of nitrogens with one attached hydrogen (secondary N) is 2. The van der Waals surface area contributed by atoms with Gasteiger partial charge in [0.05, 0.1) is 0 Å². The molecule has 0 radical (unpaired) electrons. The summed E-state index contributed by atoms with van der Waals surface area (Å²) < 4.78 is 0. The minimum absolute atomic E-state index is 0.668. The SMILES string of the molecule is CN=C1NC(N)(Cc2ccccc2)Nc2ccccc21. The number of nitrogens with two attached hydrogens (primary N) is 1. The van der Waals surface area contributed by atoms with Gasteiger partial charge in [-0.15, -0.1) is 0 Å². The lowest BCUT2D eigenvalue weighted by Crippen LogP contribution is -2.65. The standard InChI is InChI=1S/C16H18N4/c1-18-15-13-9-5-6-10-14(13)19-16(17,20-15)11-12-7-3-2-4-8-12/h2-10,19H,11,17H2,1H3,(H,18,20). The highest BCUT2D eigenvalue weighted by Crippen LogP contribution is 2.24. The van der Waals surface area contributed by atoms with Crippen LogP contribution in [-0.2, 0) is 6.42 Å². The van der Waals surface area contributed by atoms with Crippen molar-refractivity contribution in [2.24, 2.45) is 10.7 Å². The first-order valence-electron chi connectivity index (χ1n) is 6.65. The van der Waals surface area contributed by atoms with Gasteiger partial charge in [-0.2, -0.15) is 0 Å². The summed E-state index contributed by atoms with van der Waals surface area (Å²) in [6.45, 7) is 0. The highest BCUT2D eigenvalue weighted by molar-refractivity contribution is 6.05. The minimum atomic E-state index is -0.732. The lowest BCUT2D eigenvalue weighted by atomic mass is 10.0. The van der Waals surface area contributed by atoms with Crippen molar-refractivity contribution in [1.29, 1.82) is 0 Å². The van der Waals surface area contributed by atoms with Crippen LogP contribution in [0.4, 0.5) is 5.69 Å². The van der Waals surface area contributed by atoms with Gasteiger partial charge < -0.3 is 10.6 Å². The van der Waals surface area contributed by atoms with Crippen molar-refractivity contribution in [2.45, 2.75) is 12.2 Å². The van der Waals surface area contributed by atoms with Crippen LogP contribution in [0.25, 0.3) is 0 Å². The van der Waals surface area contributed by atoms with Gasteiger partial charge in [0.1, 0.15) is 5.84 Å². The highest BCUT2D eigenvalue weighted by atomic mass is 15.3. The van der Waals surface area contributed by atoms with Crippen molar-refractivity contribution in [3.63, 3.8) is 0 Å². The molecule has 20 heavy (non-hydrogen) atoms. The Balaban J connectivity index is 1.93. The molecule has 2 aromatic rings. The first-order valence-corrected chi connectivity index (χ1v) is 6.65. The fourth-order valence-corrected chi connectivity index (χ4v) is 2.53. The molecule has 4 N–H and O–H groups in total. The summed E-state index contributed by atoms with van der Waals surface area (Å²) in [5.74, 6) is 0.0858. The van der Waals surface area contributed by atoms with Crippen LogP contribution in [0.5, 0.6) is 0 Å². The maximum atomic E-state index is 6.47. The highest BCUT2D eigenvalue weighted by Gasteiger charge is 2.32. The Morgan fingerprint density at radius 1 is 1.00 bits per heavy atom. The van der Waals surface area contributed by atoms with E-state index in [2.05, 4.69) is 27.8 Å². The molecule has 0 fully saturated rings. The predicted molar refractivity (Wildman–Crippen MR) is 82.7 cm³/mol. The Kier molecular flexibility index (Phi) is 3.16. The Morgan fingerprint density at radius 2 is 1.70 bits per heavy atom. The molecule has 0 bridgehead atoms. The molecule has 0 aliphatic carbocycles. The number of anilines is 1. The lowest BCUT2D eigenvalue weighted by molar-refractivity contribution is 0.441. The summed E-state index contributed by atoms with van der Waals surface area (Å²) >= 11 is 0. The summed E-state index contributed by atoms with van der Waals surface area (Å²) in [6.07, 6.45) is 0.668. The van der Waals surface area contributed by atoms with Crippen LogP contribution in [0.15, 0.2) is 59.6 Å². The van der Waals surface area contributed by atoms with E-state index in [0.29, 0.717) is 6.42 Å². The number of benzene rings is 2. The second-order valence-corrected chi connectivity index (χ2v) is 5.00. The quantitative estimate of drug-likeness (QED) is 0.778. The van der Waals surface area contributed by atoms with Crippen LogP contribution in [0.1, 0.15) is 11.1 Å². The summed E-state index contributed by atoms with van der Waals surface area (Å²) in [6, 6.07) is 18.2. The lowest BCUT2D eigenvalue weighted by Gasteiger charge is -2.39. The van der Waals surface area contributed by atoms with Crippen molar-refractivity contribution in [3.05, 3.63) is 65.7 Å². The third-order valence-electron chi connectivity index (χ3n) is 3.43. The van der Waals surface area contributed by atoms with E-state index in [1.165, 1.54) is 5.56 Å². The molecule has 1 aliphatic heterocycles. The third-order valence-corrected chi connectivity index (χ3v) is 3.43. The van der Waals surface area contributed by atoms with Crippen LogP contribution >= 0.6 is 0 Å². The molecular formula is C16H18N4. The Bertz CT molecular complexity index is 636. The molecule has 0 aromatic heterocycles. The molecule has 4 nitrogen and oxygen atoms in total. The first kappa shape index (κ1) is 12.7. The number of fused-ring (bicyclic) bond motifs is 1. The zero-order chi connectivity index (χ0) is 14.0. The number of para-hydroxylation sites is 1. The maximum absolute atomic E-state index is 6.47. The van der Waals surface area contributed by atoms with Crippen LogP contribution < -0.4 is 16.4 Å². The molecule has 3 rings (SSSR count). The average molecular weight is 266 g/mol. The summed E-state index contributed by atoms with van der Waals surface area (Å²) in [5, 5.41) is 6.67. The molecular weight excluding hydrogens is 248 g/mol. The van der Waals surface area contributed by atoms with E-state index in [1.807, 2.05) is 42.5 Å². The van der Waals surface area contributed by atoms with Crippen LogP contribution in [0.3, 0.4) is 0 Å². The smallest absolute Gasteiger partial charge is 0.167 e. The zero-order valence-electron chi connectivity index (χ0n) is 11.4. The molecule has 2 aromatic carbocycles. The van der Waals surface area contributed by atoms with Gasteiger partial charge in [0.25, 0.3) is 0 Å². The van der Waals surface area contributed by atoms with E-state index in [9.17, 15) is 0 Å². The second kappa shape index (κ2) is 4.98. The number of aliphatic imine (C=N–C) groups is 1. The summed E-state index contributed by atoms with van der Waals surface area (Å²) in [5.41, 5.74) is 9.69. The van der Waals surface area contributed by atoms with Crippen LogP contribution in [-0.4, -0.2) is 18.7 Å². The van der Waals surface area contributed by atoms with Crippen molar-refractivity contribution >= 4 is 11.5 Å². The predicted octanol–water partition coefficient (Wildman–Crippen LogP) is 1.93. The second-order valence-electron chi connectivity index (χ2n) is 5.00. The number of nitrogens with zero attached hydrogens (tertiary/aromatic N) is 1. The van der Waals surface area contributed by atoms with Gasteiger partial charge in [0.15, 0.2) is 5.79 Å². The number of hydrogen-bond acceptors (Lipinski definition) is 3. The number of amidine groups is 1. The van der Waals surface area contributed by atoms with E-state index < -0.39 is 5.79 Å². The van der Waals surface area contributed by atoms with E-state index in [1.54, 1.807) is 7.05 Å². The third kappa shape index (κ3) is 2.38. The molecule has 102 valence electrons. The van der Waals surface area contributed by atoms with E-state index in [-0.39, 0.29) is 0 Å². The topological polar surface area (TPSA) is 62.4 Å². The van der Waals surface area contributed by atoms with Gasteiger partial charge in [0.2, 0.25) is 0 Å². The van der Waals surface area contributed by atoms with Crippen LogP contribution in [0, 0.1) is 0 Å². The number of hydrogen-bond donors (Lipinski definition) is 3. The molecule has 0 saturated carbocycles. The van der Waals surface area contributed by atoms with Crippen molar-refractivity contribution in [2.75, 3.05) is 12.4 Å². The maximum Gasteiger partial charge on any atom is 0.167 e. The van der Waals surface area contributed by atoms with Gasteiger partial charge in [-0.05, 0) is 17.7 Å². The normalized spacial score (nSPS) is 22.8. The minimum Gasteiger partial charge on any atom is -0.350 e. The Hall–Kier alpha value is -2.33. The molecule has 0 amide bonds. The van der Waals surface area contributed by atoms with Gasteiger partial charge in [0, 0.05) is 24.7 Å². The largest absolute Gasteiger partial charge is 0.350 e. The monoisotopic (exact) mass is 266 g/mol. The zero-order valence-corrected chi connectivity index (χ0v) is 11.4. The molecule has 1 unspecified atom stereocenters. The molecule has 0 spiro atoms. The molecule has 1 atom stereocenters. The van der Waals surface area contributed by atoms with E-state index >= 15 is 0 Å². The summed E-state index contributed by atoms with van der Waals surface area (Å²) in [7, 11) is 1.77. The molecule has 4 heteroatoms. The molecule has 0 saturated heterocycles. The fourth-order valence-electron chi connectivity index (χ4n) is 2.53. The number of rotatable bonds is 2.